The topological polar surface area (TPSA) is 72.8 Å². The third-order valence-corrected chi connectivity index (χ3v) is 8.56. The smallest absolute Gasteiger partial charge is 0.429 e. The van der Waals surface area contributed by atoms with Crippen LogP contribution in [0.1, 0.15) is 79.1 Å². The summed E-state index contributed by atoms with van der Waals surface area (Å²) in [6.07, 6.45) is -1.22. The van der Waals surface area contributed by atoms with Crippen molar-refractivity contribution in [2.45, 2.75) is 109 Å². The van der Waals surface area contributed by atoms with Crippen LogP contribution in [-0.2, 0) is 19.1 Å². The van der Waals surface area contributed by atoms with Gasteiger partial charge in [-0.15, -0.1) is 0 Å². The number of esters is 2. The van der Waals surface area contributed by atoms with Crippen molar-refractivity contribution in [3.05, 3.63) is 47.1 Å². The molecule has 1 N–H and O–H groups in total. The first-order chi connectivity index (χ1) is 18.9. The molecular weight excluding hydrogens is 554 g/mol. The average Bonchev–Trinajstić information content (AvgIpc) is 3.17. The zero-order valence-electron chi connectivity index (χ0n) is 23.7. The Morgan fingerprint density at radius 2 is 1.61 bits per heavy atom. The third-order valence-electron chi connectivity index (χ3n) is 8.56. The number of alkyl halides is 6. The Hall–Kier alpha value is -2.56. The van der Waals surface area contributed by atoms with Gasteiger partial charge in [-0.05, 0) is 55.4 Å². The standard InChI is InChI=1S/C30H38F6O5/c1-18(7-5-14-28(39,29(31,32)33)30(34,35)36)25-11-12-26-22(8-6-13-27(25,26)4)10-9-21-15-23(40-19(2)37)17-24(16-21)41-20(3)38/h5,9-11,14,18,23-24,26,39H,6-8,12-13,15-17H2,1-4H3/b14-5-,22-10+/t18-,23-,24-,26+,27-/m1/s1. The van der Waals surface area contributed by atoms with E-state index in [2.05, 4.69) is 13.0 Å². The molecule has 0 aromatic carbocycles. The molecule has 3 aliphatic carbocycles. The SMILES string of the molecule is CC(=O)O[C@@H]1CC(=C/C=C2\CCC[C@]3(C)C([C@H](C)C/C=C\C(O)(C(F)(F)F)C(F)(F)F)=CC[C@@H]23)C[C@@H](OC(C)=O)C1. The van der Waals surface area contributed by atoms with Crippen LogP contribution in [0.4, 0.5) is 26.3 Å². The van der Waals surface area contributed by atoms with E-state index in [1.807, 2.05) is 12.2 Å². The second kappa shape index (κ2) is 12.4. The first-order valence-corrected chi connectivity index (χ1v) is 13.8. The molecule has 0 bridgehead atoms. The number of halogens is 6. The van der Waals surface area contributed by atoms with Crippen molar-refractivity contribution >= 4 is 11.9 Å². The highest BCUT2D eigenvalue weighted by Crippen LogP contribution is 2.57. The molecule has 0 heterocycles. The molecular formula is C30H38F6O5. The summed E-state index contributed by atoms with van der Waals surface area (Å²) >= 11 is 0. The van der Waals surface area contributed by atoms with E-state index in [0.29, 0.717) is 25.7 Å². The van der Waals surface area contributed by atoms with Crippen LogP contribution in [0.15, 0.2) is 47.1 Å². The maximum absolute atomic E-state index is 13.0. The van der Waals surface area contributed by atoms with Gasteiger partial charge in [-0.2, -0.15) is 26.3 Å². The lowest BCUT2D eigenvalue weighted by Gasteiger charge is -2.42. The van der Waals surface area contributed by atoms with E-state index in [0.717, 1.165) is 36.5 Å². The summed E-state index contributed by atoms with van der Waals surface area (Å²) in [5.41, 5.74) is -2.02. The minimum Gasteiger partial charge on any atom is -0.462 e. The number of fused-ring (bicyclic) bond motifs is 1. The molecule has 0 aliphatic heterocycles. The molecule has 0 saturated heterocycles. The van der Waals surface area contributed by atoms with Crippen molar-refractivity contribution in [1.82, 2.24) is 0 Å². The summed E-state index contributed by atoms with van der Waals surface area (Å²) in [4.78, 5) is 23.0. The third kappa shape index (κ3) is 7.45. The Labute approximate surface area is 236 Å². The Kier molecular flexibility index (Phi) is 9.93. The molecule has 5 nitrogen and oxygen atoms in total. The lowest BCUT2D eigenvalue weighted by Crippen LogP contribution is -2.55. The number of rotatable bonds is 7. The van der Waals surface area contributed by atoms with Crippen molar-refractivity contribution in [3.8, 4) is 0 Å². The summed E-state index contributed by atoms with van der Waals surface area (Å²) in [6, 6.07) is 0. The van der Waals surface area contributed by atoms with Gasteiger partial charge in [0.1, 0.15) is 12.2 Å². The second-order valence-corrected chi connectivity index (χ2v) is 11.7. The molecule has 41 heavy (non-hydrogen) atoms. The molecule has 0 radical (unpaired) electrons. The van der Waals surface area contributed by atoms with Gasteiger partial charge in [-0.25, -0.2) is 0 Å². The molecule has 0 aromatic heterocycles. The summed E-state index contributed by atoms with van der Waals surface area (Å²) in [5.74, 6) is -1.01. The maximum atomic E-state index is 13.0. The van der Waals surface area contributed by atoms with Crippen LogP contribution in [0.2, 0.25) is 0 Å². The molecule has 0 unspecified atom stereocenters. The highest BCUT2D eigenvalue weighted by molar-refractivity contribution is 5.67. The van der Waals surface area contributed by atoms with E-state index in [-0.39, 0.29) is 29.7 Å². The van der Waals surface area contributed by atoms with Crippen molar-refractivity contribution in [2.75, 3.05) is 0 Å². The quantitative estimate of drug-likeness (QED) is 0.189. The number of allylic oxidation sites excluding steroid dienone is 6. The number of aliphatic hydroxyl groups is 1. The van der Waals surface area contributed by atoms with Crippen molar-refractivity contribution in [1.29, 1.82) is 0 Å². The normalized spacial score (nSPS) is 29.2. The van der Waals surface area contributed by atoms with Gasteiger partial charge >= 0.3 is 24.3 Å². The minimum atomic E-state index is -5.89. The van der Waals surface area contributed by atoms with Crippen molar-refractivity contribution < 1.29 is 50.5 Å². The lowest BCUT2D eigenvalue weighted by molar-refractivity contribution is -0.347. The van der Waals surface area contributed by atoms with E-state index < -0.39 is 42.1 Å². The van der Waals surface area contributed by atoms with Crippen LogP contribution in [0.3, 0.4) is 0 Å². The van der Waals surface area contributed by atoms with E-state index in [9.17, 15) is 41.0 Å². The average molecular weight is 593 g/mol. The molecule has 3 rings (SSSR count). The number of ether oxygens (including phenoxy) is 2. The summed E-state index contributed by atoms with van der Waals surface area (Å²) in [6.45, 7) is 6.53. The fourth-order valence-electron chi connectivity index (χ4n) is 6.67. The fraction of sp³-hybridized carbons (Fsp3) is 0.667. The molecule has 0 aromatic rings. The Balaban J connectivity index is 1.75. The number of hydrogen-bond donors (Lipinski definition) is 1. The zero-order chi connectivity index (χ0) is 30.8. The lowest BCUT2D eigenvalue weighted by atomic mass is 9.62. The van der Waals surface area contributed by atoms with E-state index in [1.165, 1.54) is 19.4 Å². The van der Waals surface area contributed by atoms with E-state index >= 15 is 0 Å². The highest BCUT2D eigenvalue weighted by atomic mass is 19.4. The van der Waals surface area contributed by atoms with Gasteiger partial charge in [-0.3, -0.25) is 9.59 Å². The number of carbonyl (C=O) groups is 2. The minimum absolute atomic E-state index is 0.0826. The van der Waals surface area contributed by atoms with Gasteiger partial charge in [0.2, 0.25) is 0 Å². The van der Waals surface area contributed by atoms with Crippen LogP contribution < -0.4 is 0 Å². The maximum Gasteiger partial charge on any atom is 0.429 e. The van der Waals surface area contributed by atoms with Crippen molar-refractivity contribution in [2.24, 2.45) is 17.3 Å². The Morgan fingerprint density at radius 3 is 2.12 bits per heavy atom. The fourth-order valence-corrected chi connectivity index (χ4v) is 6.67. The summed E-state index contributed by atoms with van der Waals surface area (Å²) in [7, 11) is 0. The molecule has 5 atom stereocenters. The van der Waals surface area contributed by atoms with Gasteiger partial charge < -0.3 is 14.6 Å². The molecule has 2 fully saturated rings. The Bertz CT molecular complexity index is 1080. The number of carbonyl (C=O) groups excluding carboxylic acids is 2. The van der Waals surface area contributed by atoms with Crippen LogP contribution in [0, 0.1) is 17.3 Å². The monoisotopic (exact) mass is 592 g/mol. The molecule has 11 heteroatoms. The molecule has 0 spiro atoms. The zero-order valence-corrected chi connectivity index (χ0v) is 23.7. The van der Waals surface area contributed by atoms with Crippen LogP contribution >= 0.6 is 0 Å². The van der Waals surface area contributed by atoms with E-state index in [1.54, 1.807) is 6.92 Å². The largest absolute Gasteiger partial charge is 0.462 e. The van der Waals surface area contributed by atoms with Gasteiger partial charge in [-0.1, -0.05) is 54.9 Å². The van der Waals surface area contributed by atoms with Crippen LogP contribution in [0.25, 0.3) is 0 Å². The molecule has 0 amide bonds. The van der Waals surface area contributed by atoms with Gasteiger partial charge in [0.05, 0.1) is 0 Å². The van der Waals surface area contributed by atoms with Crippen LogP contribution in [-0.4, -0.2) is 47.2 Å². The number of hydrogen-bond acceptors (Lipinski definition) is 5. The van der Waals surface area contributed by atoms with Gasteiger partial charge in [0, 0.05) is 33.1 Å². The van der Waals surface area contributed by atoms with Crippen molar-refractivity contribution in [3.63, 3.8) is 0 Å². The van der Waals surface area contributed by atoms with E-state index in [4.69, 9.17) is 9.47 Å². The Morgan fingerprint density at radius 1 is 1.05 bits per heavy atom. The summed E-state index contributed by atoms with van der Waals surface area (Å²) < 4.78 is 88.9. The molecule has 3 aliphatic rings. The van der Waals surface area contributed by atoms with Crippen LogP contribution in [0.5, 0.6) is 0 Å². The predicted octanol–water partition coefficient (Wildman–Crippen LogP) is 7.46. The van der Waals surface area contributed by atoms with Gasteiger partial charge in [0.15, 0.2) is 0 Å². The first kappa shape index (κ1) is 32.9. The predicted molar refractivity (Wildman–Crippen MR) is 139 cm³/mol. The molecule has 230 valence electrons. The highest BCUT2D eigenvalue weighted by Gasteiger charge is 2.68. The first-order valence-electron chi connectivity index (χ1n) is 13.8. The van der Waals surface area contributed by atoms with Gasteiger partial charge in [0.25, 0.3) is 5.60 Å². The summed E-state index contributed by atoms with van der Waals surface area (Å²) in [5, 5.41) is 9.41. The molecule has 2 saturated carbocycles. The second-order valence-electron chi connectivity index (χ2n) is 11.7.